The lowest BCUT2D eigenvalue weighted by molar-refractivity contribution is -0.582. The molecule has 0 aliphatic carbocycles. The normalized spacial score (nSPS) is 11.7. The molecule has 0 radical (unpaired) electrons. The fourth-order valence-corrected chi connectivity index (χ4v) is 3.12. The molecule has 0 spiro atoms. The smallest absolute Gasteiger partial charge is 0.416 e. The monoisotopic (exact) mass is 398 g/mol. The standard InChI is InChI=1S/C20H13F3N4O2/c21-20(22,23)15-5-3-4-14(8-15)18(28)17-19(29)26-7-2-1-6-16(26)27(17)11-13-9-24-12-25-10-13/h1-10,12H,11H2. The van der Waals surface area contributed by atoms with Gasteiger partial charge in [0.2, 0.25) is 11.5 Å². The van der Waals surface area contributed by atoms with Crippen LogP contribution in [0.2, 0.25) is 0 Å². The van der Waals surface area contributed by atoms with Gasteiger partial charge in [-0.05, 0) is 18.2 Å². The molecule has 0 bridgehead atoms. The van der Waals surface area contributed by atoms with Gasteiger partial charge >= 0.3 is 6.18 Å². The Bertz CT molecular complexity index is 1200. The summed E-state index contributed by atoms with van der Waals surface area (Å²) < 4.78 is 41.9. The van der Waals surface area contributed by atoms with Gasteiger partial charge in [0.1, 0.15) is 18.8 Å². The zero-order valence-electron chi connectivity index (χ0n) is 14.8. The molecule has 0 fully saturated rings. The molecule has 3 aromatic heterocycles. The lowest BCUT2D eigenvalue weighted by Gasteiger charge is -2.09. The van der Waals surface area contributed by atoms with Crippen molar-refractivity contribution in [2.45, 2.75) is 12.7 Å². The van der Waals surface area contributed by atoms with E-state index in [0.29, 0.717) is 11.2 Å². The van der Waals surface area contributed by atoms with Crippen molar-refractivity contribution in [2.75, 3.05) is 0 Å². The molecule has 0 N–H and O–H groups in total. The molecule has 0 saturated carbocycles. The van der Waals surface area contributed by atoms with Gasteiger partial charge in [0.05, 0.1) is 11.8 Å². The van der Waals surface area contributed by atoms with E-state index in [4.69, 9.17) is 0 Å². The van der Waals surface area contributed by atoms with Gasteiger partial charge in [0, 0.05) is 29.6 Å². The molecule has 29 heavy (non-hydrogen) atoms. The largest absolute Gasteiger partial charge is 0.839 e. The highest BCUT2D eigenvalue weighted by atomic mass is 19.4. The third-order valence-corrected chi connectivity index (χ3v) is 4.43. The molecule has 4 aromatic rings. The van der Waals surface area contributed by atoms with Crippen LogP contribution in [-0.4, -0.2) is 20.3 Å². The number of halogens is 3. The summed E-state index contributed by atoms with van der Waals surface area (Å²) in [6.07, 6.45) is 1.32. The molecule has 1 aromatic carbocycles. The number of imidazole rings is 1. The molecule has 4 rings (SSSR count). The quantitative estimate of drug-likeness (QED) is 0.391. The maximum absolute atomic E-state index is 13.1. The second-order valence-corrected chi connectivity index (χ2v) is 6.32. The number of ketones is 1. The van der Waals surface area contributed by atoms with Crippen LogP contribution in [0.25, 0.3) is 5.65 Å². The second kappa shape index (κ2) is 7.01. The number of benzene rings is 1. The summed E-state index contributed by atoms with van der Waals surface area (Å²) in [7, 11) is 0. The SMILES string of the molecule is O=C(c1cccc(C(F)(F)F)c1)c1c([O-])[n+]2ccccc2n1Cc1cncnc1. The van der Waals surface area contributed by atoms with Crippen molar-refractivity contribution in [3.8, 4) is 5.88 Å². The molecule has 0 atom stereocenters. The highest BCUT2D eigenvalue weighted by Gasteiger charge is 2.32. The minimum atomic E-state index is -4.60. The molecule has 0 amide bonds. The van der Waals surface area contributed by atoms with Crippen LogP contribution >= 0.6 is 0 Å². The maximum atomic E-state index is 13.1. The molecule has 0 aliphatic rings. The lowest BCUT2D eigenvalue weighted by Crippen LogP contribution is -2.24. The number of fused-ring (bicyclic) bond motifs is 1. The summed E-state index contributed by atoms with van der Waals surface area (Å²) in [5.74, 6) is -1.40. The van der Waals surface area contributed by atoms with Crippen LogP contribution in [-0.2, 0) is 12.7 Å². The first kappa shape index (κ1) is 18.6. The van der Waals surface area contributed by atoms with Crippen LogP contribution in [0, 0.1) is 0 Å². The number of carbonyl (C=O) groups excluding carboxylic acids is 1. The number of hydrogen-bond donors (Lipinski definition) is 0. The Hall–Kier alpha value is -3.75. The Balaban J connectivity index is 1.88. The summed E-state index contributed by atoms with van der Waals surface area (Å²) in [6, 6.07) is 9.00. The zero-order valence-corrected chi connectivity index (χ0v) is 14.8. The first-order chi connectivity index (χ1) is 13.9. The van der Waals surface area contributed by atoms with Gasteiger partial charge in [-0.1, -0.05) is 18.2 Å². The van der Waals surface area contributed by atoms with E-state index in [9.17, 15) is 23.1 Å². The Morgan fingerprint density at radius 3 is 2.59 bits per heavy atom. The molecule has 6 nitrogen and oxygen atoms in total. The van der Waals surface area contributed by atoms with Gasteiger partial charge in [0.25, 0.3) is 5.65 Å². The Morgan fingerprint density at radius 2 is 1.86 bits per heavy atom. The van der Waals surface area contributed by atoms with Crippen molar-refractivity contribution in [3.63, 3.8) is 0 Å². The van der Waals surface area contributed by atoms with Crippen molar-refractivity contribution in [2.24, 2.45) is 0 Å². The fourth-order valence-electron chi connectivity index (χ4n) is 3.12. The summed E-state index contributed by atoms with van der Waals surface area (Å²) in [4.78, 5) is 20.9. The maximum Gasteiger partial charge on any atom is 0.416 e. The van der Waals surface area contributed by atoms with Crippen molar-refractivity contribution in [1.82, 2.24) is 14.5 Å². The number of carbonyl (C=O) groups is 1. The van der Waals surface area contributed by atoms with E-state index in [2.05, 4.69) is 9.97 Å². The first-order valence-corrected chi connectivity index (χ1v) is 8.52. The summed E-state index contributed by atoms with van der Waals surface area (Å²) >= 11 is 0. The average Bonchev–Trinajstić information content (AvgIpc) is 3.00. The third-order valence-electron chi connectivity index (χ3n) is 4.43. The minimum absolute atomic E-state index is 0.108. The average molecular weight is 398 g/mol. The summed E-state index contributed by atoms with van der Waals surface area (Å²) in [6.45, 7) is 0.108. The molecule has 0 saturated heterocycles. The zero-order chi connectivity index (χ0) is 20.6. The van der Waals surface area contributed by atoms with E-state index >= 15 is 0 Å². The van der Waals surface area contributed by atoms with Gasteiger partial charge in [-0.2, -0.15) is 13.2 Å². The minimum Gasteiger partial charge on any atom is -0.839 e. The van der Waals surface area contributed by atoms with Crippen LogP contribution in [0.15, 0.2) is 67.4 Å². The highest BCUT2D eigenvalue weighted by Crippen LogP contribution is 2.30. The Kier molecular flexibility index (Phi) is 4.50. The molecule has 3 heterocycles. The summed E-state index contributed by atoms with van der Waals surface area (Å²) in [5.41, 5.74) is -0.350. The predicted molar refractivity (Wildman–Crippen MR) is 93.0 cm³/mol. The highest BCUT2D eigenvalue weighted by molar-refractivity contribution is 6.09. The molecule has 146 valence electrons. The van der Waals surface area contributed by atoms with Gasteiger partial charge in [-0.3, -0.25) is 4.79 Å². The van der Waals surface area contributed by atoms with Crippen LogP contribution in [0.1, 0.15) is 27.2 Å². The molecular weight excluding hydrogens is 385 g/mol. The summed E-state index contributed by atoms with van der Waals surface area (Å²) in [5, 5.41) is 12.9. The van der Waals surface area contributed by atoms with Crippen molar-refractivity contribution in [1.29, 1.82) is 0 Å². The van der Waals surface area contributed by atoms with E-state index < -0.39 is 23.4 Å². The molecule has 9 heteroatoms. The number of nitrogens with zero attached hydrogens (tertiary/aromatic N) is 4. The van der Waals surface area contributed by atoms with Crippen molar-refractivity contribution < 1.29 is 27.5 Å². The van der Waals surface area contributed by atoms with E-state index in [-0.39, 0.29) is 17.8 Å². The molecule has 0 aliphatic heterocycles. The van der Waals surface area contributed by atoms with Crippen LogP contribution < -0.4 is 9.51 Å². The van der Waals surface area contributed by atoms with Gasteiger partial charge in [-0.25, -0.2) is 18.9 Å². The van der Waals surface area contributed by atoms with Gasteiger partial charge in [-0.15, -0.1) is 0 Å². The van der Waals surface area contributed by atoms with E-state index in [1.165, 1.54) is 40.0 Å². The number of hydrogen-bond acceptors (Lipinski definition) is 4. The Morgan fingerprint density at radius 1 is 1.10 bits per heavy atom. The van der Waals surface area contributed by atoms with Crippen LogP contribution in [0.3, 0.4) is 0 Å². The second-order valence-electron chi connectivity index (χ2n) is 6.32. The molecular formula is C20H13F3N4O2. The van der Waals surface area contributed by atoms with Gasteiger partial charge < -0.3 is 5.11 Å². The van der Waals surface area contributed by atoms with Crippen molar-refractivity contribution >= 4 is 11.4 Å². The number of pyridine rings is 1. The number of alkyl halides is 3. The fraction of sp³-hybridized carbons (Fsp3) is 0.100. The number of rotatable bonds is 4. The van der Waals surface area contributed by atoms with Crippen LogP contribution in [0.5, 0.6) is 5.88 Å². The van der Waals surface area contributed by atoms with Gasteiger partial charge in [0.15, 0.2) is 0 Å². The number of aromatic nitrogens is 4. The lowest BCUT2D eigenvalue weighted by atomic mass is 10.0. The van der Waals surface area contributed by atoms with E-state index in [1.807, 2.05) is 0 Å². The predicted octanol–water partition coefficient (Wildman–Crippen LogP) is 2.39. The van der Waals surface area contributed by atoms with Crippen LogP contribution in [0.4, 0.5) is 13.2 Å². The molecule has 0 unspecified atom stereocenters. The topological polar surface area (TPSA) is 74.9 Å². The van der Waals surface area contributed by atoms with Crippen molar-refractivity contribution in [3.05, 3.63) is 89.8 Å². The van der Waals surface area contributed by atoms with E-state index in [0.717, 1.165) is 18.2 Å². The third kappa shape index (κ3) is 3.42. The van der Waals surface area contributed by atoms with E-state index in [1.54, 1.807) is 18.2 Å². The first-order valence-electron chi connectivity index (χ1n) is 8.52. The Labute approximate surface area is 162 Å².